The molecular weight excluding hydrogens is 328 g/mol. The van der Waals surface area contributed by atoms with Crippen LogP contribution in [0.15, 0.2) is 24.3 Å². The Bertz CT molecular complexity index is 688. The highest BCUT2D eigenvalue weighted by atomic mass is 35.5. The Morgan fingerprint density at radius 2 is 2.00 bits per heavy atom. The van der Waals surface area contributed by atoms with Crippen LogP contribution >= 0.6 is 11.6 Å². The number of carbonyl (C=O) groups excluding carboxylic acids is 1. The van der Waals surface area contributed by atoms with E-state index in [1.807, 2.05) is 0 Å². The summed E-state index contributed by atoms with van der Waals surface area (Å²) in [6.45, 7) is 0.865. The van der Waals surface area contributed by atoms with Crippen LogP contribution in [0.25, 0.3) is 0 Å². The van der Waals surface area contributed by atoms with Crippen molar-refractivity contribution in [2.24, 2.45) is 0 Å². The maximum absolute atomic E-state index is 12.4. The number of rotatable bonds is 3. The van der Waals surface area contributed by atoms with Gasteiger partial charge in [0.1, 0.15) is 5.25 Å². The van der Waals surface area contributed by atoms with Crippen LogP contribution in [0.5, 0.6) is 0 Å². The molecule has 6 nitrogen and oxygen atoms in total. The lowest BCUT2D eigenvalue weighted by molar-refractivity contribution is 0.0655. The van der Waals surface area contributed by atoms with Gasteiger partial charge in [-0.2, -0.15) is 4.31 Å². The molecule has 2 heterocycles. The average molecular weight is 345 g/mol. The molecule has 0 unspecified atom stereocenters. The van der Waals surface area contributed by atoms with Crippen LogP contribution in [0.1, 0.15) is 16.8 Å². The zero-order valence-electron chi connectivity index (χ0n) is 11.9. The van der Waals surface area contributed by atoms with E-state index < -0.39 is 21.4 Å². The molecule has 8 heteroatoms. The predicted molar refractivity (Wildman–Crippen MR) is 82.3 cm³/mol. The molecule has 0 aliphatic carbocycles. The second kappa shape index (κ2) is 5.81. The molecule has 0 aromatic heterocycles. The molecule has 2 aliphatic heterocycles. The van der Waals surface area contributed by atoms with Crippen molar-refractivity contribution < 1.29 is 18.3 Å². The number of hydrogen-bond donors (Lipinski definition) is 1. The Hall–Kier alpha value is -1.15. The standard InChI is InChI=1S/C14H17ClN2O4S/c15-11-3-1-2-10(6-11)14(19)16-8-13(9-16)22(20,21)17-5-4-12(18)7-17/h1-3,6,12-13,18H,4-5,7-9H2/t12-/m0/s1. The third kappa shape index (κ3) is 2.86. The van der Waals surface area contributed by atoms with Gasteiger partial charge in [-0.25, -0.2) is 8.42 Å². The van der Waals surface area contributed by atoms with Crippen LogP contribution in [-0.2, 0) is 10.0 Å². The van der Waals surface area contributed by atoms with E-state index in [0.717, 1.165) is 0 Å². The van der Waals surface area contributed by atoms with Gasteiger partial charge in [0.2, 0.25) is 10.0 Å². The highest BCUT2D eigenvalue weighted by Crippen LogP contribution is 2.25. The predicted octanol–water partition coefficient (Wildman–Crippen LogP) is 0.561. The number of aliphatic hydroxyl groups excluding tert-OH is 1. The van der Waals surface area contributed by atoms with Gasteiger partial charge in [0, 0.05) is 36.8 Å². The minimum atomic E-state index is -3.44. The molecule has 0 saturated carbocycles. The lowest BCUT2D eigenvalue weighted by Gasteiger charge is -2.40. The van der Waals surface area contributed by atoms with Crippen molar-refractivity contribution in [3.05, 3.63) is 34.9 Å². The molecule has 22 heavy (non-hydrogen) atoms. The zero-order chi connectivity index (χ0) is 15.9. The van der Waals surface area contributed by atoms with Crippen LogP contribution in [0.3, 0.4) is 0 Å². The fourth-order valence-electron chi connectivity index (χ4n) is 2.75. The largest absolute Gasteiger partial charge is 0.392 e. The molecule has 2 aliphatic rings. The minimum absolute atomic E-state index is 0.154. The van der Waals surface area contributed by atoms with Gasteiger partial charge in [0.05, 0.1) is 6.10 Å². The summed E-state index contributed by atoms with van der Waals surface area (Å²) in [4.78, 5) is 13.7. The van der Waals surface area contributed by atoms with Crippen LogP contribution in [-0.4, -0.2) is 66.2 Å². The van der Waals surface area contributed by atoms with Gasteiger partial charge in [-0.3, -0.25) is 4.79 Å². The number of amides is 1. The van der Waals surface area contributed by atoms with Crippen LogP contribution in [0, 0.1) is 0 Å². The summed E-state index contributed by atoms with van der Waals surface area (Å²) in [5.74, 6) is -0.213. The van der Waals surface area contributed by atoms with Gasteiger partial charge in [-0.1, -0.05) is 17.7 Å². The SMILES string of the molecule is O=C(c1cccc(Cl)c1)N1CC(S(=O)(=O)N2CC[C@H](O)C2)C1. The smallest absolute Gasteiger partial charge is 0.253 e. The Balaban J connectivity index is 1.63. The van der Waals surface area contributed by atoms with E-state index in [1.165, 1.54) is 9.21 Å². The number of aliphatic hydroxyl groups is 1. The molecule has 2 fully saturated rings. The molecule has 1 aromatic carbocycles. The molecule has 120 valence electrons. The fraction of sp³-hybridized carbons (Fsp3) is 0.500. The number of benzene rings is 1. The Labute approximate surface area is 134 Å². The van der Waals surface area contributed by atoms with E-state index in [9.17, 15) is 18.3 Å². The van der Waals surface area contributed by atoms with Gasteiger partial charge in [0.25, 0.3) is 5.91 Å². The number of carbonyl (C=O) groups is 1. The van der Waals surface area contributed by atoms with E-state index >= 15 is 0 Å². The first-order chi connectivity index (χ1) is 10.4. The van der Waals surface area contributed by atoms with Crippen molar-refractivity contribution in [2.75, 3.05) is 26.2 Å². The molecule has 1 amide bonds. The first-order valence-corrected chi connectivity index (χ1v) is 8.98. The number of likely N-dealkylation sites (tertiary alicyclic amines) is 1. The van der Waals surface area contributed by atoms with E-state index in [1.54, 1.807) is 24.3 Å². The quantitative estimate of drug-likeness (QED) is 0.869. The van der Waals surface area contributed by atoms with Crippen molar-refractivity contribution in [1.82, 2.24) is 9.21 Å². The molecular formula is C14H17ClN2O4S. The topological polar surface area (TPSA) is 77.9 Å². The van der Waals surface area contributed by atoms with Gasteiger partial charge in [0.15, 0.2) is 0 Å². The van der Waals surface area contributed by atoms with Gasteiger partial charge in [-0.05, 0) is 24.6 Å². The number of hydrogen-bond acceptors (Lipinski definition) is 4. The second-order valence-corrected chi connectivity index (χ2v) is 8.34. The maximum atomic E-state index is 12.4. The van der Waals surface area contributed by atoms with Crippen molar-refractivity contribution in [3.63, 3.8) is 0 Å². The van der Waals surface area contributed by atoms with E-state index in [0.29, 0.717) is 23.6 Å². The maximum Gasteiger partial charge on any atom is 0.253 e. The lowest BCUT2D eigenvalue weighted by Crippen LogP contribution is -2.59. The molecule has 1 aromatic rings. The van der Waals surface area contributed by atoms with Crippen molar-refractivity contribution in [1.29, 1.82) is 0 Å². The van der Waals surface area contributed by atoms with Crippen LogP contribution < -0.4 is 0 Å². The summed E-state index contributed by atoms with van der Waals surface area (Å²) < 4.78 is 26.1. The summed E-state index contributed by atoms with van der Waals surface area (Å²) in [6, 6.07) is 6.60. The molecule has 1 N–H and O–H groups in total. The van der Waals surface area contributed by atoms with Gasteiger partial charge >= 0.3 is 0 Å². The van der Waals surface area contributed by atoms with E-state index in [-0.39, 0.29) is 25.5 Å². The Morgan fingerprint density at radius 3 is 2.59 bits per heavy atom. The first kappa shape index (κ1) is 15.7. The minimum Gasteiger partial charge on any atom is -0.392 e. The second-order valence-electron chi connectivity index (χ2n) is 5.69. The molecule has 0 radical (unpaired) electrons. The fourth-order valence-corrected chi connectivity index (χ4v) is 4.84. The monoisotopic (exact) mass is 344 g/mol. The lowest BCUT2D eigenvalue weighted by atomic mass is 10.1. The number of β-amino-alcohol motifs (C(OH)–C–C–N with tert-alkyl or cyclic N) is 1. The van der Waals surface area contributed by atoms with E-state index in [2.05, 4.69) is 0 Å². The number of halogens is 1. The van der Waals surface area contributed by atoms with Crippen molar-refractivity contribution in [2.45, 2.75) is 17.8 Å². The first-order valence-electron chi connectivity index (χ1n) is 7.10. The van der Waals surface area contributed by atoms with Gasteiger partial charge < -0.3 is 10.0 Å². The summed E-state index contributed by atoms with van der Waals surface area (Å²) in [5, 5.41) is 9.36. The van der Waals surface area contributed by atoms with Crippen LogP contribution in [0.2, 0.25) is 5.02 Å². The zero-order valence-corrected chi connectivity index (χ0v) is 13.4. The summed E-state index contributed by atoms with van der Waals surface area (Å²) in [5.41, 5.74) is 0.458. The molecule has 1 atom stereocenters. The highest BCUT2D eigenvalue weighted by Gasteiger charge is 2.44. The average Bonchev–Trinajstić information content (AvgIpc) is 2.84. The summed E-state index contributed by atoms with van der Waals surface area (Å²) in [6.07, 6.45) is -0.115. The number of sulfonamides is 1. The van der Waals surface area contributed by atoms with Crippen LogP contribution in [0.4, 0.5) is 0 Å². The highest BCUT2D eigenvalue weighted by molar-refractivity contribution is 7.89. The molecule has 0 bridgehead atoms. The molecule has 2 saturated heterocycles. The Kier molecular flexibility index (Phi) is 4.15. The summed E-state index contributed by atoms with van der Waals surface area (Å²) in [7, 11) is -3.44. The third-order valence-electron chi connectivity index (χ3n) is 4.11. The normalized spacial score (nSPS) is 23.5. The number of nitrogens with zero attached hydrogens (tertiary/aromatic N) is 2. The molecule has 0 spiro atoms. The molecule has 3 rings (SSSR count). The van der Waals surface area contributed by atoms with E-state index in [4.69, 9.17) is 11.6 Å². The Morgan fingerprint density at radius 1 is 1.27 bits per heavy atom. The summed E-state index contributed by atoms with van der Waals surface area (Å²) >= 11 is 5.86. The van der Waals surface area contributed by atoms with Gasteiger partial charge in [-0.15, -0.1) is 0 Å². The van der Waals surface area contributed by atoms with Crippen molar-refractivity contribution in [3.8, 4) is 0 Å². The third-order valence-corrected chi connectivity index (χ3v) is 6.54. The van der Waals surface area contributed by atoms with Crippen molar-refractivity contribution >= 4 is 27.5 Å².